The van der Waals surface area contributed by atoms with E-state index in [1.807, 2.05) is 45.0 Å². The number of halogens is 1. The number of hydrogen-bond acceptors (Lipinski definition) is 15. The number of hydrogen-bond donors (Lipinski definition) is 5. The van der Waals surface area contributed by atoms with Gasteiger partial charge in [-0.3, -0.25) is 24.3 Å². The molecule has 2 aromatic heterocycles. The maximum atomic E-state index is 12.7. The summed E-state index contributed by atoms with van der Waals surface area (Å²) in [5.41, 5.74) is 23.4. The van der Waals surface area contributed by atoms with Crippen molar-refractivity contribution in [2.75, 3.05) is 60.7 Å². The van der Waals surface area contributed by atoms with Crippen molar-refractivity contribution < 1.29 is 28.6 Å². The Kier molecular flexibility index (Phi) is 19.8. The second-order valence-electron chi connectivity index (χ2n) is 19.2. The van der Waals surface area contributed by atoms with E-state index in [4.69, 9.17) is 43.0 Å². The molecule has 0 spiro atoms. The summed E-state index contributed by atoms with van der Waals surface area (Å²) in [5, 5.41) is 6.12. The summed E-state index contributed by atoms with van der Waals surface area (Å²) >= 11 is 5.82. The number of ether oxygens (including phenoxy) is 3. The molecule has 0 atom stereocenters. The van der Waals surface area contributed by atoms with Gasteiger partial charge in [0.05, 0.1) is 39.1 Å². The van der Waals surface area contributed by atoms with Crippen molar-refractivity contribution in [1.82, 2.24) is 35.5 Å². The summed E-state index contributed by atoms with van der Waals surface area (Å²) in [6, 6.07) is 17.4. The molecule has 0 unspecified atom stereocenters. The highest BCUT2D eigenvalue weighted by atomic mass is 35.5. The van der Waals surface area contributed by atoms with Crippen molar-refractivity contribution in [3.63, 3.8) is 0 Å². The maximum absolute atomic E-state index is 12.7. The number of nitrogens with two attached hydrogens (primary N) is 3. The van der Waals surface area contributed by atoms with Crippen molar-refractivity contribution in [2.24, 2.45) is 5.73 Å². The fraction of sp³-hybridized carbons (Fsp3) is 0.549. The Morgan fingerprint density at radius 1 is 0.714 bits per heavy atom. The Balaban J connectivity index is 0.000000184. The monoisotopic (exact) mass is 985 g/mol. The third-order valence-electron chi connectivity index (χ3n) is 12.2. The fourth-order valence-corrected chi connectivity index (χ4v) is 8.36. The van der Waals surface area contributed by atoms with Crippen molar-refractivity contribution in [2.45, 2.75) is 142 Å². The van der Waals surface area contributed by atoms with Crippen LogP contribution in [0.4, 0.5) is 28.1 Å². The van der Waals surface area contributed by atoms with Crippen LogP contribution in [0.15, 0.2) is 48.5 Å². The van der Waals surface area contributed by atoms with E-state index in [2.05, 4.69) is 73.6 Å². The van der Waals surface area contributed by atoms with E-state index in [1.165, 1.54) is 5.56 Å². The summed E-state index contributed by atoms with van der Waals surface area (Å²) in [6.45, 7) is 16.7. The third kappa shape index (κ3) is 15.8. The number of nitrogens with zero attached hydrogens (tertiary/aromatic N) is 7. The number of carbonyl (C=O) groups excluding carboxylic acids is 3. The molecule has 8 N–H and O–H groups in total. The number of fused-ring (bicyclic) bond motifs is 2. The van der Waals surface area contributed by atoms with E-state index in [9.17, 15) is 14.4 Å². The van der Waals surface area contributed by atoms with Crippen molar-refractivity contribution in [3.8, 4) is 12.0 Å². The Hall–Kier alpha value is -5.82. The predicted molar refractivity (Wildman–Crippen MR) is 274 cm³/mol. The average molecular weight is 986 g/mol. The first-order valence-corrected chi connectivity index (χ1v) is 25.2. The van der Waals surface area contributed by atoms with Gasteiger partial charge in [0, 0.05) is 35.6 Å². The van der Waals surface area contributed by atoms with Gasteiger partial charge in [0.1, 0.15) is 28.9 Å². The van der Waals surface area contributed by atoms with Gasteiger partial charge in [-0.25, -0.2) is 4.79 Å². The molecular formula is C51H73ClN12O6. The lowest BCUT2D eigenvalue weighted by molar-refractivity contribution is -0.118. The van der Waals surface area contributed by atoms with Crippen LogP contribution >= 0.6 is 11.6 Å². The van der Waals surface area contributed by atoms with Gasteiger partial charge in [0.2, 0.25) is 11.8 Å². The number of likely N-dealkylation sites (tertiary alicyclic amines) is 1. The highest BCUT2D eigenvalue weighted by Crippen LogP contribution is 2.35. The molecule has 70 heavy (non-hydrogen) atoms. The van der Waals surface area contributed by atoms with Gasteiger partial charge in [-0.05, 0) is 108 Å². The van der Waals surface area contributed by atoms with Crippen LogP contribution in [-0.2, 0) is 52.7 Å². The van der Waals surface area contributed by atoms with Crippen LogP contribution in [0, 0.1) is 0 Å². The minimum atomic E-state index is -0.406. The largest absolute Gasteiger partial charge is 0.463 e. The third-order valence-corrected chi connectivity index (χ3v) is 12.5. The number of benzene rings is 2. The average Bonchev–Trinajstić information content (AvgIpc) is 3.82. The molecule has 4 aliphatic rings. The topological polar surface area (TPSA) is 242 Å². The zero-order chi connectivity index (χ0) is 50.2. The van der Waals surface area contributed by atoms with Crippen molar-refractivity contribution in [1.29, 1.82) is 0 Å². The molecule has 0 aliphatic carbocycles. The standard InChI is InChI=1S/C23H32N6O2.C18H21ClN4O2.C10H20N2O2/c1-2-3-12-31-23-26-21(25)19-13-20(30)29(22(19)27-23)15-17-6-4-16(5-7-17)14-28-10-8-18(24)9-11-28;1-2-3-8-25-18-21-16(20)14-9-15(24)23(17(14)22-18)11-13-6-4-12(10-19)5-7-13;1-10(2,3)14-9(13)12-8-4-6-11-7-5-8/h4-7,18H,2-3,8-15,24H2,1H3,(H2,25,26,27);4-7H,2-3,8-11H2,1H3,(H2,20,21,22);8,11H,4-7H2,1-3H3,(H,12,13). The molecule has 18 nitrogen and oxygen atoms in total. The highest BCUT2D eigenvalue weighted by Gasteiger charge is 2.34. The van der Waals surface area contributed by atoms with Crippen LogP contribution in [0.25, 0.3) is 0 Å². The molecule has 6 heterocycles. The predicted octanol–water partition coefficient (Wildman–Crippen LogP) is 6.58. The van der Waals surface area contributed by atoms with Crippen LogP contribution in [0.2, 0.25) is 0 Å². The number of carbonyl (C=O) groups is 3. The summed E-state index contributed by atoms with van der Waals surface area (Å²) in [7, 11) is 0. The smallest absolute Gasteiger partial charge is 0.407 e. The minimum absolute atomic E-state index is 0.0181. The normalized spacial score (nSPS) is 16.2. The second-order valence-corrected chi connectivity index (χ2v) is 19.4. The van der Waals surface area contributed by atoms with Gasteiger partial charge in [0.25, 0.3) is 0 Å². The second kappa shape index (κ2) is 25.9. The summed E-state index contributed by atoms with van der Waals surface area (Å²) in [6.07, 6.45) is 8.10. The molecule has 8 rings (SSSR count). The zero-order valence-electron chi connectivity index (χ0n) is 41.6. The number of rotatable bonds is 16. The first-order valence-electron chi connectivity index (χ1n) is 24.7. The lowest BCUT2D eigenvalue weighted by atomic mass is 10.0. The molecule has 2 fully saturated rings. The molecular weight excluding hydrogens is 912 g/mol. The molecule has 2 aromatic carbocycles. The van der Waals surface area contributed by atoms with E-state index < -0.39 is 5.60 Å². The van der Waals surface area contributed by atoms with Crippen LogP contribution in [0.5, 0.6) is 12.0 Å². The first kappa shape index (κ1) is 53.5. The van der Waals surface area contributed by atoms with Crippen LogP contribution < -0.4 is 47.1 Å². The minimum Gasteiger partial charge on any atom is -0.463 e. The molecule has 19 heteroatoms. The number of alkyl halides is 1. The Morgan fingerprint density at radius 2 is 1.16 bits per heavy atom. The van der Waals surface area contributed by atoms with Crippen LogP contribution in [0.1, 0.15) is 119 Å². The molecule has 0 radical (unpaired) electrons. The number of unbranched alkanes of at least 4 members (excludes halogenated alkanes) is 2. The molecule has 4 aliphatic heterocycles. The SMILES string of the molecule is CC(C)(C)OC(=O)NC1CCNCC1.CCCCOc1nc(N)c2c(n1)N(Cc1ccc(CCl)cc1)C(=O)C2.CCCCOc1nc(N)c2c(n1)N(Cc1ccc(CN3CCC(N)CC3)cc1)C(=O)C2. The quantitative estimate of drug-likeness (QED) is 0.0588. The van der Waals surface area contributed by atoms with Gasteiger partial charge >= 0.3 is 18.1 Å². The van der Waals surface area contributed by atoms with E-state index in [1.54, 1.807) is 9.80 Å². The molecule has 0 saturated carbocycles. The number of alkyl carbamates (subject to hydrolysis) is 1. The number of piperidine rings is 2. The number of nitrogens with one attached hydrogen (secondary N) is 2. The van der Waals surface area contributed by atoms with E-state index in [0.29, 0.717) is 72.6 Å². The lowest BCUT2D eigenvalue weighted by Gasteiger charge is -2.30. The summed E-state index contributed by atoms with van der Waals surface area (Å²) in [4.78, 5) is 59.5. The van der Waals surface area contributed by atoms with E-state index in [0.717, 1.165) is 101 Å². The fourth-order valence-electron chi connectivity index (χ4n) is 8.18. The molecule has 380 valence electrons. The van der Waals surface area contributed by atoms with Gasteiger partial charge < -0.3 is 42.0 Å². The Bertz CT molecular complexity index is 2340. The van der Waals surface area contributed by atoms with Crippen molar-refractivity contribution in [3.05, 3.63) is 81.9 Å². The van der Waals surface area contributed by atoms with E-state index >= 15 is 0 Å². The number of aromatic nitrogens is 4. The zero-order valence-corrected chi connectivity index (χ0v) is 42.4. The van der Waals surface area contributed by atoms with Crippen LogP contribution in [-0.4, -0.2) is 99.8 Å². The summed E-state index contributed by atoms with van der Waals surface area (Å²) < 4.78 is 16.4. The Morgan fingerprint density at radius 3 is 1.59 bits per heavy atom. The number of anilines is 4. The molecule has 4 aromatic rings. The number of amides is 3. The maximum Gasteiger partial charge on any atom is 0.407 e. The van der Waals surface area contributed by atoms with Crippen molar-refractivity contribution >= 4 is 52.8 Å². The lowest BCUT2D eigenvalue weighted by Crippen LogP contribution is -2.44. The molecule has 0 bridgehead atoms. The van der Waals surface area contributed by atoms with E-state index in [-0.39, 0.29) is 48.8 Å². The highest BCUT2D eigenvalue weighted by molar-refractivity contribution is 6.17. The van der Waals surface area contributed by atoms with Crippen LogP contribution in [0.3, 0.4) is 0 Å². The van der Waals surface area contributed by atoms with Gasteiger partial charge in [0.15, 0.2) is 0 Å². The molecule has 3 amide bonds. The number of nitrogen functional groups attached to an aromatic ring is 2. The van der Waals surface area contributed by atoms with Gasteiger partial charge in [-0.1, -0.05) is 75.2 Å². The molecule has 2 saturated heterocycles. The first-order chi connectivity index (χ1) is 33.6. The van der Waals surface area contributed by atoms with Gasteiger partial charge in [-0.15, -0.1) is 11.6 Å². The Labute approximate surface area is 417 Å². The summed E-state index contributed by atoms with van der Waals surface area (Å²) in [5.74, 6) is 2.16. The van der Waals surface area contributed by atoms with Gasteiger partial charge in [-0.2, -0.15) is 19.9 Å².